The molecule has 17 heavy (non-hydrogen) atoms. The van der Waals surface area contributed by atoms with Crippen molar-refractivity contribution in [1.29, 1.82) is 0 Å². The van der Waals surface area contributed by atoms with E-state index in [0.29, 0.717) is 18.1 Å². The summed E-state index contributed by atoms with van der Waals surface area (Å²) in [6, 6.07) is 6.70. The van der Waals surface area contributed by atoms with Crippen molar-refractivity contribution in [1.82, 2.24) is 0 Å². The molecule has 2 aliphatic heterocycles. The van der Waals surface area contributed by atoms with E-state index in [-0.39, 0.29) is 11.2 Å². The van der Waals surface area contributed by atoms with Gasteiger partial charge in [0, 0.05) is 0 Å². The summed E-state index contributed by atoms with van der Waals surface area (Å²) in [5.41, 5.74) is 0.746. The van der Waals surface area contributed by atoms with Gasteiger partial charge in [0.1, 0.15) is 0 Å². The first-order valence-electron chi connectivity index (χ1n) is 6.21. The van der Waals surface area contributed by atoms with Crippen molar-refractivity contribution in [2.75, 3.05) is 0 Å². The third-order valence-electron chi connectivity index (χ3n) is 3.85. The van der Waals surface area contributed by atoms with Crippen LogP contribution < -0.4 is 5.43 Å². The fourth-order valence-corrected chi connectivity index (χ4v) is 2.99. The zero-order valence-electron chi connectivity index (χ0n) is 9.63. The first-order valence-corrected chi connectivity index (χ1v) is 6.21. The van der Waals surface area contributed by atoms with E-state index in [0.717, 1.165) is 31.2 Å². The molecule has 2 bridgehead atoms. The largest absolute Gasteiger partial charge is 0.504 e. The summed E-state index contributed by atoms with van der Waals surface area (Å²) in [4.78, 5) is 11.3. The summed E-state index contributed by atoms with van der Waals surface area (Å²) < 4.78 is 5.80. The van der Waals surface area contributed by atoms with Gasteiger partial charge in [-0.15, -0.1) is 0 Å². The van der Waals surface area contributed by atoms with Crippen molar-refractivity contribution < 1.29 is 9.84 Å². The van der Waals surface area contributed by atoms with Crippen molar-refractivity contribution >= 4 is 0 Å². The molecule has 2 fully saturated rings. The Balaban J connectivity index is 1.92. The summed E-state index contributed by atoms with van der Waals surface area (Å²) in [6.45, 7) is 0. The fraction of sp³-hybridized carbons (Fsp3) is 0.500. The third-order valence-corrected chi connectivity index (χ3v) is 3.85. The van der Waals surface area contributed by atoms with Gasteiger partial charge in [-0.25, -0.2) is 0 Å². The molecule has 0 aliphatic carbocycles. The average molecular weight is 232 g/mol. The summed E-state index contributed by atoms with van der Waals surface area (Å²) in [7, 11) is 0. The SMILES string of the molecule is O=c1cccc(C2CC3CCC(C2)O3)cc1O. The van der Waals surface area contributed by atoms with Crippen LogP contribution in [0, 0.1) is 0 Å². The highest BCUT2D eigenvalue weighted by Crippen LogP contribution is 2.40. The highest BCUT2D eigenvalue weighted by Gasteiger charge is 2.35. The van der Waals surface area contributed by atoms with Gasteiger partial charge in [0.15, 0.2) is 5.75 Å². The standard InChI is InChI=1S/C14H16O3/c15-13-3-1-2-9(8-14(13)16)10-6-11-4-5-12(7-10)17-11/h1-3,8,10-12H,4-7H2,(H,15,16). The molecule has 0 saturated carbocycles. The lowest BCUT2D eigenvalue weighted by Gasteiger charge is -2.28. The van der Waals surface area contributed by atoms with Gasteiger partial charge in [0.2, 0.25) is 5.43 Å². The van der Waals surface area contributed by atoms with E-state index in [2.05, 4.69) is 0 Å². The molecule has 2 heterocycles. The van der Waals surface area contributed by atoms with E-state index in [1.165, 1.54) is 6.07 Å². The summed E-state index contributed by atoms with van der Waals surface area (Å²) in [5, 5.41) is 9.59. The van der Waals surface area contributed by atoms with Gasteiger partial charge in [-0.3, -0.25) is 4.79 Å². The maximum atomic E-state index is 11.3. The van der Waals surface area contributed by atoms with Crippen molar-refractivity contribution in [2.45, 2.75) is 43.8 Å². The lowest BCUT2D eigenvalue weighted by molar-refractivity contribution is -0.00381. The predicted molar refractivity (Wildman–Crippen MR) is 64.2 cm³/mol. The van der Waals surface area contributed by atoms with Crippen molar-refractivity contribution in [2.24, 2.45) is 0 Å². The molecule has 2 unspecified atom stereocenters. The first-order chi connectivity index (χ1) is 8.22. The number of aromatic hydroxyl groups is 1. The van der Waals surface area contributed by atoms with E-state index in [9.17, 15) is 9.90 Å². The van der Waals surface area contributed by atoms with E-state index < -0.39 is 0 Å². The number of ether oxygens (including phenoxy) is 1. The molecule has 2 atom stereocenters. The second-order valence-electron chi connectivity index (χ2n) is 5.05. The van der Waals surface area contributed by atoms with Gasteiger partial charge in [-0.1, -0.05) is 12.1 Å². The molecule has 1 aromatic carbocycles. The van der Waals surface area contributed by atoms with E-state index >= 15 is 0 Å². The van der Waals surface area contributed by atoms with Crippen LogP contribution in [0.2, 0.25) is 0 Å². The molecular weight excluding hydrogens is 216 g/mol. The third kappa shape index (κ3) is 2.07. The zero-order valence-corrected chi connectivity index (χ0v) is 9.63. The summed E-state index contributed by atoms with van der Waals surface area (Å²) in [6.07, 6.45) is 5.07. The highest BCUT2D eigenvalue weighted by molar-refractivity contribution is 5.29. The zero-order chi connectivity index (χ0) is 11.8. The van der Waals surface area contributed by atoms with Gasteiger partial charge < -0.3 is 9.84 Å². The van der Waals surface area contributed by atoms with Crippen molar-refractivity contribution in [3.63, 3.8) is 0 Å². The van der Waals surface area contributed by atoms with Crippen LogP contribution in [0.1, 0.15) is 37.2 Å². The van der Waals surface area contributed by atoms with Gasteiger partial charge in [-0.2, -0.15) is 0 Å². The van der Waals surface area contributed by atoms with Crippen LogP contribution in [0.15, 0.2) is 29.1 Å². The van der Waals surface area contributed by atoms with Crippen LogP contribution in [-0.4, -0.2) is 17.3 Å². The Labute approximate surface area is 100 Å². The highest BCUT2D eigenvalue weighted by atomic mass is 16.5. The second kappa shape index (κ2) is 4.15. The Hall–Kier alpha value is -1.35. The van der Waals surface area contributed by atoms with E-state index in [1.807, 2.05) is 6.07 Å². The Kier molecular flexibility index (Phi) is 2.63. The summed E-state index contributed by atoms with van der Waals surface area (Å²) >= 11 is 0. The molecule has 1 N–H and O–H groups in total. The van der Waals surface area contributed by atoms with E-state index in [1.54, 1.807) is 12.1 Å². The number of rotatable bonds is 1. The van der Waals surface area contributed by atoms with Crippen LogP contribution in [-0.2, 0) is 4.74 Å². The molecule has 3 rings (SSSR count). The number of hydrogen-bond donors (Lipinski definition) is 1. The molecule has 0 aromatic heterocycles. The van der Waals surface area contributed by atoms with Crippen LogP contribution in [0.4, 0.5) is 0 Å². The smallest absolute Gasteiger partial charge is 0.220 e. The Morgan fingerprint density at radius 1 is 1.18 bits per heavy atom. The van der Waals surface area contributed by atoms with Gasteiger partial charge >= 0.3 is 0 Å². The van der Waals surface area contributed by atoms with Gasteiger partial charge in [0.25, 0.3) is 0 Å². The molecule has 90 valence electrons. The molecule has 2 saturated heterocycles. The quantitative estimate of drug-likeness (QED) is 0.807. The molecule has 1 aromatic rings. The molecule has 3 heteroatoms. The van der Waals surface area contributed by atoms with Crippen molar-refractivity contribution in [3.8, 4) is 5.75 Å². The predicted octanol–water partition coefficient (Wildman–Crippen LogP) is 2.18. The molecule has 3 nitrogen and oxygen atoms in total. The first kappa shape index (κ1) is 10.8. The molecule has 0 spiro atoms. The maximum Gasteiger partial charge on any atom is 0.220 e. The van der Waals surface area contributed by atoms with Crippen molar-refractivity contribution in [3.05, 3.63) is 40.1 Å². The van der Waals surface area contributed by atoms with Gasteiger partial charge in [-0.05, 0) is 49.3 Å². The Bertz CT molecular complexity index is 471. The lowest BCUT2D eigenvalue weighted by atomic mass is 9.89. The minimum absolute atomic E-state index is 0.149. The van der Waals surface area contributed by atoms with E-state index in [4.69, 9.17) is 4.74 Å². The molecule has 0 radical (unpaired) electrons. The minimum Gasteiger partial charge on any atom is -0.504 e. The van der Waals surface area contributed by atoms with Crippen LogP contribution in [0.5, 0.6) is 5.75 Å². The Morgan fingerprint density at radius 3 is 2.59 bits per heavy atom. The fourth-order valence-electron chi connectivity index (χ4n) is 2.99. The normalized spacial score (nSPS) is 31.4. The van der Waals surface area contributed by atoms with Crippen LogP contribution >= 0.6 is 0 Å². The topological polar surface area (TPSA) is 46.5 Å². The minimum atomic E-state index is -0.314. The molecule has 0 amide bonds. The molecular formula is C14H16O3. The average Bonchev–Trinajstić information content (AvgIpc) is 2.56. The second-order valence-corrected chi connectivity index (χ2v) is 5.05. The van der Waals surface area contributed by atoms with Gasteiger partial charge in [0.05, 0.1) is 12.2 Å². The number of fused-ring (bicyclic) bond motifs is 2. The monoisotopic (exact) mass is 232 g/mol. The number of hydrogen-bond acceptors (Lipinski definition) is 3. The summed E-state index contributed by atoms with van der Waals surface area (Å²) in [5.74, 6) is 0.266. The Morgan fingerprint density at radius 2 is 1.88 bits per heavy atom. The molecule has 2 aliphatic rings. The lowest BCUT2D eigenvalue weighted by Crippen LogP contribution is -2.23. The van der Waals surface area contributed by atoms with Crippen LogP contribution in [0.25, 0.3) is 0 Å². The maximum absolute atomic E-state index is 11.3. The van der Waals surface area contributed by atoms with Crippen LogP contribution in [0.3, 0.4) is 0 Å².